The average molecular weight is 827 g/mol. The van der Waals surface area contributed by atoms with Crippen LogP contribution in [0.15, 0.2) is 30.3 Å². The van der Waals surface area contributed by atoms with Gasteiger partial charge in [0.2, 0.25) is 35.4 Å². The molecule has 59 heavy (non-hydrogen) atoms. The molecule has 15 heteroatoms. The lowest BCUT2D eigenvalue weighted by atomic mass is 9.85. The third kappa shape index (κ3) is 15.3. The maximum Gasteiger partial charge on any atom is 0.246 e. The maximum atomic E-state index is 14.4. The molecule has 0 radical (unpaired) electrons. The number of likely N-dealkylation sites (N-methyl/N-ethyl adjacent to an activating group) is 2. The molecule has 1 fully saturated rings. The second-order valence-corrected chi connectivity index (χ2v) is 18.8. The molecule has 0 bridgehead atoms. The number of carbonyl (C=O) groups excluding carboxylic acids is 7. The molecule has 1 aromatic carbocycles. The first-order valence-electron chi connectivity index (χ1n) is 21.1. The smallest absolute Gasteiger partial charge is 0.246 e. The van der Waals surface area contributed by atoms with E-state index < -0.39 is 70.7 Å². The molecule has 332 valence electrons. The second-order valence-electron chi connectivity index (χ2n) is 18.8. The number of hydrogen-bond donors (Lipinski definition) is 7. The van der Waals surface area contributed by atoms with E-state index in [0.29, 0.717) is 0 Å². The third-order valence-corrected chi connectivity index (χ3v) is 11.3. The molecule has 9 atom stereocenters. The molecule has 0 aliphatic carbocycles. The minimum absolute atomic E-state index is 0.0143. The van der Waals surface area contributed by atoms with E-state index in [4.69, 9.17) is 0 Å². The Morgan fingerprint density at radius 1 is 0.678 bits per heavy atom. The summed E-state index contributed by atoms with van der Waals surface area (Å²) in [6.07, 6.45) is 0.0991. The number of Topliss-reactive ketones (excluding diaryl/α,β-unsaturated/α-hetero) is 1. The van der Waals surface area contributed by atoms with Crippen LogP contribution in [0.2, 0.25) is 0 Å². The van der Waals surface area contributed by atoms with Crippen molar-refractivity contribution in [2.24, 2.45) is 22.7 Å². The van der Waals surface area contributed by atoms with Crippen LogP contribution in [0.25, 0.3) is 0 Å². The Kier molecular flexibility index (Phi) is 19.2. The van der Waals surface area contributed by atoms with Crippen LogP contribution < -0.4 is 37.2 Å². The zero-order chi connectivity index (χ0) is 45.0. The highest BCUT2D eigenvalue weighted by Crippen LogP contribution is 2.31. The van der Waals surface area contributed by atoms with E-state index in [1.165, 1.54) is 4.90 Å². The number of hydrogen-bond acceptors (Lipinski definition) is 9. The van der Waals surface area contributed by atoms with Crippen molar-refractivity contribution in [2.75, 3.05) is 20.6 Å². The number of ketones is 1. The van der Waals surface area contributed by atoms with Crippen molar-refractivity contribution in [1.29, 1.82) is 0 Å². The first-order valence-corrected chi connectivity index (χ1v) is 21.1. The summed E-state index contributed by atoms with van der Waals surface area (Å²) < 4.78 is 0. The predicted octanol–water partition coefficient (Wildman–Crippen LogP) is 2.74. The van der Waals surface area contributed by atoms with Gasteiger partial charge in [-0.25, -0.2) is 0 Å². The highest BCUT2D eigenvalue weighted by atomic mass is 16.2. The van der Waals surface area contributed by atoms with Gasteiger partial charge in [0, 0.05) is 25.4 Å². The fraction of sp³-hybridized carbons (Fsp3) is 0.705. The molecule has 1 saturated heterocycles. The van der Waals surface area contributed by atoms with Crippen LogP contribution in [0.3, 0.4) is 0 Å². The van der Waals surface area contributed by atoms with Gasteiger partial charge < -0.3 is 42.1 Å². The Morgan fingerprint density at radius 3 is 1.71 bits per heavy atom. The van der Waals surface area contributed by atoms with Crippen molar-refractivity contribution in [1.82, 2.24) is 42.1 Å². The molecule has 1 unspecified atom stereocenters. The molecule has 1 heterocycles. The average Bonchev–Trinajstić information content (AvgIpc) is 3.59. The summed E-state index contributed by atoms with van der Waals surface area (Å²) in [5.74, 6) is -2.99. The zero-order valence-electron chi connectivity index (χ0n) is 38.0. The van der Waals surface area contributed by atoms with Gasteiger partial charge in [0.1, 0.15) is 30.0 Å². The molecular formula is C44H74N8O7. The molecule has 1 aromatic rings. The molecule has 0 spiro atoms. The van der Waals surface area contributed by atoms with Crippen LogP contribution in [0, 0.1) is 22.7 Å². The normalized spacial score (nSPS) is 19.3. The number of amides is 6. The molecular weight excluding hydrogens is 753 g/mol. The monoisotopic (exact) mass is 827 g/mol. The van der Waals surface area contributed by atoms with Gasteiger partial charge in [0.25, 0.3) is 0 Å². The summed E-state index contributed by atoms with van der Waals surface area (Å²) in [5, 5.41) is 20.3. The number of rotatable bonds is 20. The van der Waals surface area contributed by atoms with Crippen LogP contribution in [0.1, 0.15) is 120 Å². The van der Waals surface area contributed by atoms with Crippen molar-refractivity contribution in [3.8, 4) is 0 Å². The lowest BCUT2D eigenvalue weighted by Gasteiger charge is -2.36. The molecule has 7 N–H and O–H groups in total. The van der Waals surface area contributed by atoms with E-state index in [0.717, 1.165) is 5.56 Å². The van der Waals surface area contributed by atoms with Gasteiger partial charge in [0.05, 0.1) is 18.1 Å². The standard InChI is InChI=1S/C44H74N8O7/c1-25(2)26(3)47-41(58)35(43(7,8)9)50-39(56)33(49-37(54)28(5)45-13)21-20-32(53)22-30-23-34(40(57)48-27(4)31-18-16-15-17-19-31)52(24-30)42(59)36(44(10,11)12)51-38(55)29(6)46-14/h15-19,25-30,33-36,45-46H,20-24H2,1-14H3,(H,47,58)(H,48,57)(H,49,54)(H,50,56)(H,51,55)/t26-,27+,28-,29-,30-,33-,34?,35+,36+/m0/s1. The van der Waals surface area contributed by atoms with Crippen molar-refractivity contribution in [2.45, 2.75) is 157 Å². The van der Waals surface area contributed by atoms with Gasteiger partial charge in [-0.1, -0.05) is 85.7 Å². The van der Waals surface area contributed by atoms with Gasteiger partial charge in [-0.15, -0.1) is 0 Å². The fourth-order valence-electron chi connectivity index (χ4n) is 6.73. The molecule has 1 aliphatic heterocycles. The van der Waals surface area contributed by atoms with E-state index in [9.17, 15) is 33.6 Å². The highest BCUT2D eigenvalue weighted by Gasteiger charge is 2.46. The predicted molar refractivity (Wildman–Crippen MR) is 230 cm³/mol. The summed E-state index contributed by atoms with van der Waals surface area (Å²) in [4.78, 5) is 97.0. The van der Waals surface area contributed by atoms with Crippen molar-refractivity contribution >= 4 is 41.2 Å². The topological polar surface area (TPSA) is 207 Å². The molecule has 1 aliphatic rings. The lowest BCUT2D eigenvalue weighted by Crippen LogP contribution is -2.60. The second kappa shape index (κ2) is 22.3. The highest BCUT2D eigenvalue weighted by molar-refractivity contribution is 5.95. The molecule has 2 rings (SSSR count). The van der Waals surface area contributed by atoms with Gasteiger partial charge in [0.15, 0.2) is 0 Å². The number of benzene rings is 1. The number of nitrogens with one attached hydrogen (secondary N) is 7. The van der Waals surface area contributed by atoms with Gasteiger partial charge in [-0.2, -0.15) is 0 Å². The minimum atomic E-state index is -1.13. The SMILES string of the molecule is CN[C@@H](C)C(=O)N[C@@H](CCC(=O)C[C@H]1CC(C(=O)N[C@H](C)c2ccccc2)N(C(=O)[C@@H](NC(=O)[C@H](C)NC)C(C)(C)C)C1)C(=O)N[C@H](C(=O)N[C@@H](C)C(C)C)C(C)(C)C. The fourth-order valence-corrected chi connectivity index (χ4v) is 6.73. The number of likely N-dealkylation sites (tertiary alicyclic amines) is 1. The zero-order valence-corrected chi connectivity index (χ0v) is 38.0. The summed E-state index contributed by atoms with van der Waals surface area (Å²) in [6, 6.07) is 3.82. The number of nitrogens with zero attached hydrogens (tertiary/aromatic N) is 1. The molecule has 0 saturated carbocycles. The van der Waals surface area contributed by atoms with Crippen molar-refractivity contribution in [3.63, 3.8) is 0 Å². The van der Waals surface area contributed by atoms with Crippen molar-refractivity contribution in [3.05, 3.63) is 35.9 Å². The van der Waals surface area contributed by atoms with Gasteiger partial charge in [-0.3, -0.25) is 33.6 Å². The minimum Gasteiger partial charge on any atom is -0.352 e. The van der Waals surface area contributed by atoms with E-state index in [2.05, 4.69) is 37.2 Å². The van der Waals surface area contributed by atoms with E-state index in [1.807, 2.05) is 99.6 Å². The summed E-state index contributed by atoms with van der Waals surface area (Å²) in [6.45, 7) is 22.2. The van der Waals surface area contributed by atoms with Crippen LogP contribution >= 0.6 is 0 Å². The molecule has 0 aromatic heterocycles. The largest absolute Gasteiger partial charge is 0.352 e. The first-order chi connectivity index (χ1) is 27.3. The quantitative estimate of drug-likeness (QED) is 0.103. The Labute approximate surface area is 352 Å². The van der Waals surface area contributed by atoms with E-state index >= 15 is 0 Å². The van der Waals surface area contributed by atoms with Crippen LogP contribution in [0.5, 0.6) is 0 Å². The summed E-state index contributed by atoms with van der Waals surface area (Å²) in [7, 11) is 3.27. The first kappa shape index (κ1) is 50.8. The lowest BCUT2D eigenvalue weighted by molar-refractivity contribution is -0.144. The number of carbonyl (C=O) groups is 7. The van der Waals surface area contributed by atoms with Crippen LogP contribution in [0.4, 0.5) is 0 Å². The summed E-state index contributed by atoms with van der Waals surface area (Å²) in [5.41, 5.74) is -0.498. The van der Waals surface area contributed by atoms with Crippen LogP contribution in [-0.2, 0) is 33.6 Å². The summed E-state index contributed by atoms with van der Waals surface area (Å²) >= 11 is 0. The Morgan fingerprint density at radius 2 is 1.20 bits per heavy atom. The van der Waals surface area contributed by atoms with Crippen molar-refractivity contribution < 1.29 is 33.6 Å². The van der Waals surface area contributed by atoms with E-state index in [-0.39, 0.29) is 73.7 Å². The Balaban J connectivity index is 2.36. The van der Waals surface area contributed by atoms with E-state index in [1.54, 1.807) is 27.9 Å². The Hall–Kier alpha value is -4.37. The molecule has 15 nitrogen and oxygen atoms in total. The van der Waals surface area contributed by atoms with Gasteiger partial charge in [-0.05, 0) is 82.9 Å². The molecule has 6 amide bonds. The van der Waals surface area contributed by atoms with Gasteiger partial charge >= 0.3 is 0 Å². The third-order valence-electron chi connectivity index (χ3n) is 11.3. The Bertz CT molecular complexity index is 1610. The van der Waals surface area contributed by atoms with Crippen LogP contribution in [-0.4, -0.2) is 109 Å². The maximum absolute atomic E-state index is 14.4.